The molecule has 5 heteroatoms. The molecule has 0 saturated heterocycles. The average molecular weight is 315 g/mol. The van der Waals surface area contributed by atoms with Crippen LogP contribution in [0.1, 0.15) is 25.7 Å². The Morgan fingerprint density at radius 1 is 1.00 bits per heavy atom. The summed E-state index contributed by atoms with van der Waals surface area (Å²) >= 11 is 0. The maximum Gasteiger partial charge on any atom is 0.198 e. The van der Waals surface area contributed by atoms with E-state index in [1.165, 1.54) is 6.26 Å². The van der Waals surface area contributed by atoms with Crippen molar-refractivity contribution >= 4 is 20.9 Å². The lowest BCUT2D eigenvalue weighted by Gasteiger charge is -2.03. The molecular weight excluding hydrogens is 298 g/mol. The molecule has 1 heterocycles. The molecule has 4 nitrogen and oxygen atoms in total. The van der Waals surface area contributed by atoms with Gasteiger partial charge in [0.25, 0.3) is 0 Å². The van der Waals surface area contributed by atoms with Gasteiger partial charge in [0.1, 0.15) is 5.52 Å². The normalized spacial score (nSPS) is 12.2. The molecule has 0 N–H and O–H groups in total. The van der Waals surface area contributed by atoms with E-state index in [1.807, 2.05) is 32.0 Å². The number of nitrogens with zero attached hydrogens (tertiary/aromatic N) is 1. The number of fused-ring (bicyclic) bond motifs is 1. The summed E-state index contributed by atoms with van der Waals surface area (Å²) in [4.78, 5) is 4.81. The lowest BCUT2D eigenvalue weighted by atomic mass is 10.1. The predicted molar refractivity (Wildman–Crippen MR) is 86.6 cm³/mol. The first kappa shape index (κ1) is 14.8. The lowest BCUT2D eigenvalue weighted by molar-refractivity contribution is 0.501. The molecule has 0 amide bonds. The standard InChI is InChI=1S/C17H17NO3S/c1-11(2)17-18-15-10-13(6-9-16(15)21-17)12-4-7-14(8-5-12)22(3,19)20/h4-11H,1-3H3. The van der Waals surface area contributed by atoms with Gasteiger partial charge in [-0.3, -0.25) is 0 Å². The molecule has 0 atom stereocenters. The van der Waals surface area contributed by atoms with Crippen LogP contribution in [-0.4, -0.2) is 19.7 Å². The SMILES string of the molecule is CC(C)c1nc2cc(-c3ccc(S(C)(=O)=O)cc3)ccc2o1. The highest BCUT2D eigenvalue weighted by Crippen LogP contribution is 2.27. The Balaban J connectivity index is 2.02. The molecule has 0 spiro atoms. The second-order valence-corrected chi connectivity index (χ2v) is 7.70. The number of sulfone groups is 1. The Morgan fingerprint density at radius 2 is 1.64 bits per heavy atom. The number of oxazole rings is 1. The van der Waals surface area contributed by atoms with Gasteiger partial charge < -0.3 is 4.42 Å². The highest BCUT2D eigenvalue weighted by atomic mass is 32.2. The fourth-order valence-electron chi connectivity index (χ4n) is 2.27. The van der Waals surface area contributed by atoms with E-state index in [0.29, 0.717) is 4.90 Å². The summed E-state index contributed by atoms with van der Waals surface area (Å²) in [6.07, 6.45) is 1.21. The smallest absolute Gasteiger partial charge is 0.198 e. The molecule has 0 fully saturated rings. The van der Waals surface area contributed by atoms with Crippen LogP contribution in [0.25, 0.3) is 22.2 Å². The van der Waals surface area contributed by atoms with E-state index in [2.05, 4.69) is 4.98 Å². The largest absolute Gasteiger partial charge is 0.440 e. The van der Waals surface area contributed by atoms with E-state index < -0.39 is 9.84 Å². The number of aromatic nitrogens is 1. The van der Waals surface area contributed by atoms with Gasteiger partial charge in [0.15, 0.2) is 21.3 Å². The van der Waals surface area contributed by atoms with Crippen LogP contribution in [0.4, 0.5) is 0 Å². The maximum absolute atomic E-state index is 11.5. The second kappa shape index (κ2) is 5.25. The molecule has 0 bridgehead atoms. The van der Waals surface area contributed by atoms with Crippen molar-refractivity contribution in [2.45, 2.75) is 24.7 Å². The summed E-state index contributed by atoms with van der Waals surface area (Å²) in [6.45, 7) is 4.07. The van der Waals surface area contributed by atoms with Gasteiger partial charge in [-0.2, -0.15) is 0 Å². The fraction of sp³-hybridized carbons (Fsp3) is 0.235. The van der Waals surface area contributed by atoms with Gasteiger partial charge in [0, 0.05) is 12.2 Å². The lowest BCUT2D eigenvalue weighted by Crippen LogP contribution is -1.96. The zero-order valence-electron chi connectivity index (χ0n) is 12.7. The minimum absolute atomic E-state index is 0.241. The summed E-state index contributed by atoms with van der Waals surface area (Å²) in [5, 5.41) is 0. The third kappa shape index (κ3) is 2.76. The van der Waals surface area contributed by atoms with Crippen molar-refractivity contribution in [3.63, 3.8) is 0 Å². The van der Waals surface area contributed by atoms with Crippen molar-refractivity contribution in [3.8, 4) is 11.1 Å². The number of hydrogen-bond acceptors (Lipinski definition) is 4. The molecule has 0 unspecified atom stereocenters. The van der Waals surface area contributed by atoms with Crippen molar-refractivity contribution in [1.29, 1.82) is 0 Å². The Bertz CT molecular complexity index is 922. The van der Waals surface area contributed by atoms with E-state index in [9.17, 15) is 8.42 Å². The Labute approximate surface area is 129 Å². The van der Waals surface area contributed by atoms with Gasteiger partial charge in [0.2, 0.25) is 0 Å². The summed E-state index contributed by atoms with van der Waals surface area (Å²) in [5.74, 6) is 0.962. The van der Waals surface area contributed by atoms with Crippen LogP contribution < -0.4 is 0 Å². The van der Waals surface area contributed by atoms with Gasteiger partial charge in [0.05, 0.1) is 4.90 Å². The Hall–Kier alpha value is -2.14. The van der Waals surface area contributed by atoms with Gasteiger partial charge in [-0.15, -0.1) is 0 Å². The third-order valence-corrected chi connectivity index (χ3v) is 4.64. The molecular formula is C17H17NO3S. The third-order valence-electron chi connectivity index (χ3n) is 3.51. The number of benzene rings is 2. The summed E-state index contributed by atoms with van der Waals surface area (Å²) < 4.78 is 28.7. The van der Waals surface area contributed by atoms with Crippen LogP contribution in [0.3, 0.4) is 0 Å². The van der Waals surface area contributed by atoms with Gasteiger partial charge in [-0.25, -0.2) is 13.4 Å². The van der Waals surface area contributed by atoms with E-state index in [-0.39, 0.29) is 5.92 Å². The van der Waals surface area contributed by atoms with E-state index in [1.54, 1.807) is 24.3 Å². The highest BCUT2D eigenvalue weighted by Gasteiger charge is 2.11. The van der Waals surface area contributed by atoms with Crippen LogP contribution >= 0.6 is 0 Å². The molecule has 114 valence electrons. The number of hydrogen-bond donors (Lipinski definition) is 0. The van der Waals surface area contributed by atoms with Crippen molar-refractivity contribution in [2.24, 2.45) is 0 Å². The van der Waals surface area contributed by atoms with Crippen LogP contribution in [-0.2, 0) is 9.84 Å². The fourth-order valence-corrected chi connectivity index (χ4v) is 2.90. The molecule has 0 radical (unpaired) electrons. The zero-order valence-corrected chi connectivity index (χ0v) is 13.5. The van der Waals surface area contributed by atoms with Gasteiger partial charge in [-0.1, -0.05) is 32.0 Å². The molecule has 0 aliphatic rings. The van der Waals surface area contributed by atoms with Gasteiger partial charge >= 0.3 is 0 Å². The quantitative estimate of drug-likeness (QED) is 0.732. The molecule has 2 aromatic carbocycles. The maximum atomic E-state index is 11.5. The molecule has 0 aliphatic heterocycles. The molecule has 3 rings (SSSR count). The molecule has 3 aromatic rings. The topological polar surface area (TPSA) is 60.2 Å². The minimum Gasteiger partial charge on any atom is -0.440 e. The van der Waals surface area contributed by atoms with Crippen molar-refractivity contribution < 1.29 is 12.8 Å². The van der Waals surface area contributed by atoms with Crippen molar-refractivity contribution in [2.75, 3.05) is 6.26 Å². The van der Waals surface area contributed by atoms with Crippen molar-refractivity contribution in [3.05, 3.63) is 48.4 Å². The van der Waals surface area contributed by atoms with Crippen LogP contribution in [0.15, 0.2) is 51.8 Å². The Kier molecular flexibility index (Phi) is 3.53. The number of rotatable bonds is 3. The summed E-state index contributed by atoms with van der Waals surface area (Å²) in [6, 6.07) is 12.7. The zero-order chi connectivity index (χ0) is 15.9. The first-order valence-corrected chi connectivity index (χ1v) is 8.95. The van der Waals surface area contributed by atoms with Crippen LogP contribution in [0.2, 0.25) is 0 Å². The second-order valence-electron chi connectivity index (χ2n) is 5.69. The molecule has 0 aliphatic carbocycles. The molecule has 0 saturated carbocycles. The summed E-state index contributed by atoms with van der Waals surface area (Å²) in [7, 11) is -3.17. The monoisotopic (exact) mass is 315 g/mol. The van der Waals surface area contributed by atoms with E-state index in [4.69, 9.17) is 4.42 Å². The Morgan fingerprint density at radius 3 is 2.23 bits per heavy atom. The van der Waals surface area contributed by atoms with E-state index >= 15 is 0 Å². The summed E-state index contributed by atoms with van der Waals surface area (Å²) in [5.41, 5.74) is 3.51. The predicted octanol–water partition coefficient (Wildman–Crippen LogP) is 4.02. The highest BCUT2D eigenvalue weighted by molar-refractivity contribution is 7.90. The molecule has 1 aromatic heterocycles. The molecule has 22 heavy (non-hydrogen) atoms. The van der Waals surface area contributed by atoms with Crippen LogP contribution in [0.5, 0.6) is 0 Å². The first-order chi connectivity index (χ1) is 10.3. The average Bonchev–Trinajstić information content (AvgIpc) is 2.89. The van der Waals surface area contributed by atoms with Gasteiger partial charge in [-0.05, 0) is 35.4 Å². The first-order valence-electron chi connectivity index (χ1n) is 7.05. The van der Waals surface area contributed by atoms with E-state index in [0.717, 1.165) is 28.1 Å². The van der Waals surface area contributed by atoms with Crippen molar-refractivity contribution in [1.82, 2.24) is 4.98 Å². The minimum atomic E-state index is -3.17. The van der Waals surface area contributed by atoms with Crippen LogP contribution in [0, 0.1) is 0 Å².